The second kappa shape index (κ2) is 6.04. The molecule has 2 aliphatic heterocycles. The summed E-state index contributed by atoms with van der Waals surface area (Å²) in [6.45, 7) is 1.99. The van der Waals surface area contributed by atoms with Crippen LogP contribution in [0, 0.1) is 6.92 Å². The van der Waals surface area contributed by atoms with E-state index in [0.717, 1.165) is 17.5 Å². The van der Waals surface area contributed by atoms with Crippen LogP contribution in [0.1, 0.15) is 43.1 Å². The van der Waals surface area contributed by atoms with E-state index in [4.69, 9.17) is 24.3 Å². The molecule has 20 heavy (non-hydrogen) atoms. The molecule has 0 saturated carbocycles. The predicted molar refractivity (Wildman–Crippen MR) is 68.4 cm³/mol. The molecule has 2 saturated heterocycles. The third-order valence-electron chi connectivity index (χ3n) is 3.78. The predicted octanol–water partition coefficient (Wildman–Crippen LogP) is 1.14. The van der Waals surface area contributed by atoms with Crippen molar-refractivity contribution in [1.29, 1.82) is 0 Å². The highest BCUT2D eigenvalue weighted by atomic mass is 16.5. The van der Waals surface area contributed by atoms with E-state index < -0.39 is 11.9 Å². The molecule has 3 atom stereocenters. The van der Waals surface area contributed by atoms with Gasteiger partial charge < -0.3 is 20.1 Å². The van der Waals surface area contributed by atoms with Crippen molar-refractivity contribution in [3.05, 3.63) is 17.5 Å². The molecule has 1 aromatic heterocycles. The SMILES string of the molecule is Cc1cc(C2CCC3CCC2N3)on1.O=C(O)C(=O)O. The first-order chi connectivity index (χ1) is 9.47. The summed E-state index contributed by atoms with van der Waals surface area (Å²) in [5, 5.41) is 22.4. The molecule has 2 aliphatic rings. The number of rotatable bonds is 1. The molecule has 1 aromatic rings. The van der Waals surface area contributed by atoms with Gasteiger partial charge in [-0.2, -0.15) is 0 Å². The maximum absolute atomic E-state index is 9.10. The average molecular weight is 282 g/mol. The molecule has 7 nitrogen and oxygen atoms in total. The zero-order valence-electron chi connectivity index (χ0n) is 11.2. The van der Waals surface area contributed by atoms with Gasteiger partial charge in [-0.3, -0.25) is 0 Å². The first kappa shape index (κ1) is 14.5. The molecule has 0 aromatic carbocycles. The number of fused-ring (bicyclic) bond motifs is 2. The highest BCUT2D eigenvalue weighted by molar-refractivity contribution is 6.27. The Kier molecular flexibility index (Phi) is 4.39. The summed E-state index contributed by atoms with van der Waals surface area (Å²) >= 11 is 0. The van der Waals surface area contributed by atoms with Crippen LogP contribution < -0.4 is 5.32 Å². The Morgan fingerprint density at radius 3 is 2.45 bits per heavy atom. The van der Waals surface area contributed by atoms with Gasteiger partial charge in [-0.15, -0.1) is 0 Å². The Morgan fingerprint density at radius 1 is 1.25 bits per heavy atom. The molecule has 110 valence electrons. The van der Waals surface area contributed by atoms with Crippen molar-refractivity contribution >= 4 is 11.9 Å². The van der Waals surface area contributed by atoms with Crippen molar-refractivity contribution in [2.75, 3.05) is 0 Å². The molecule has 2 fully saturated rings. The van der Waals surface area contributed by atoms with E-state index in [-0.39, 0.29) is 0 Å². The Labute approximate surface area is 116 Å². The third kappa shape index (κ3) is 3.36. The van der Waals surface area contributed by atoms with Crippen molar-refractivity contribution in [3.63, 3.8) is 0 Å². The number of nitrogens with one attached hydrogen (secondary N) is 1. The first-order valence-electron chi connectivity index (χ1n) is 6.63. The number of carboxylic acids is 2. The first-order valence-corrected chi connectivity index (χ1v) is 6.63. The number of aliphatic carboxylic acids is 2. The number of nitrogens with zero attached hydrogens (tertiary/aromatic N) is 1. The number of carbonyl (C=O) groups is 2. The molecule has 0 aliphatic carbocycles. The van der Waals surface area contributed by atoms with Crippen molar-refractivity contribution in [3.8, 4) is 0 Å². The Hall–Kier alpha value is -1.89. The monoisotopic (exact) mass is 282 g/mol. The second-order valence-electron chi connectivity index (χ2n) is 5.21. The molecular formula is C13H18N2O5. The molecule has 2 bridgehead atoms. The fourth-order valence-corrected chi connectivity index (χ4v) is 2.88. The highest BCUT2D eigenvalue weighted by Crippen LogP contribution is 2.37. The fourth-order valence-electron chi connectivity index (χ4n) is 2.88. The molecule has 0 radical (unpaired) electrons. The van der Waals surface area contributed by atoms with E-state index in [1.54, 1.807) is 0 Å². The summed E-state index contributed by atoms with van der Waals surface area (Å²) < 4.78 is 5.36. The second-order valence-corrected chi connectivity index (χ2v) is 5.21. The smallest absolute Gasteiger partial charge is 0.414 e. The zero-order valence-corrected chi connectivity index (χ0v) is 11.2. The van der Waals surface area contributed by atoms with Crippen molar-refractivity contribution in [1.82, 2.24) is 10.5 Å². The van der Waals surface area contributed by atoms with Gasteiger partial charge in [0.1, 0.15) is 5.76 Å². The lowest BCUT2D eigenvalue weighted by molar-refractivity contribution is -0.159. The molecule has 3 N–H and O–H groups in total. The summed E-state index contributed by atoms with van der Waals surface area (Å²) in [4.78, 5) is 18.2. The molecule has 3 unspecified atom stereocenters. The lowest BCUT2D eigenvalue weighted by Crippen LogP contribution is -2.38. The highest BCUT2D eigenvalue weighted by Gasteiger charge is 2.37. The van der Waals surface area contributed by atoms with Crippen molar-refractivity contribution in [2.24, 2.45) is 0 Å². The fraction of sp³-hybridized carbons (Fsp3) is 0.615. The van der Waals surface area contributed by atoms with Crippen LogP contribution in [-0.4, -0.2) is 39.4 Å². The maximum atomic E-state index is 9.10. The van der Waals surface area contributed by atoms with E-state index in [9.17, 15) is 0 Å². The summed E-state index contributed by atoms with van der Waals surface area (Å²) in [6, 6.07) is 3.51. The van der Waals surface area contributed by atoms with Crippen molar-refractivity contribution in [2.45, 2.75) is 50.6 Å². The topological polar surface area (TPSA) is 113 Å². The number of aromatic nitrogens is 1. The number of hydrogen-bond acceptors (Lipinski definition) is 5. The number of carboxylic acid groups (broad SMARTS) is 2. The number of piperidine rings is 1. The Bertz CT molecular complexity index is 487. The number of hydrogen-bond donors (Lipinski definition) is 3. The van der Waals surface area contributed by atoms with Gasteiger partial charge in [0.2, 0.25) is 0 Å². The molecule has 0 amide bonds. The minimum absolute atomic E-state index is 0.565. The summed E-state index contributed by atoms with van der Waals surface area (Å²) in [7, 11) is 0. The molecule has 7 heteroatoms. The normalized spacial score (nSPS) is 27.6. The van der Waals surface area contributed by atoms with Gasteiger partial charge in [0.05, 0.1) is 5.69 Å². The van der Waals surface area contributed by atoms with Gasteiger partial charge in [-0.25, -0.2) is 9.59 Å². The lowest BCUT2D eigenvalue weighted by Gasteiger charge is -2.28. The van der Waals surface area contributed by atoms with E-state index >= 15 is 0 Å². The van der Waals surface area contributed by atoms with E-state index in [1.165, 1.54) is 25.7 Å². The zero-order chi connectivity index (χ0) is 14.7. The van der Waals surface area contributed by atoms with Crippen LogP contribution in [0.15, 0.2) is 10.6 Å². The molecule has 3 heterocycles. The van der Waals surface area contributed by atoms with E-state index in [0.29, 0.717) is 12.0 Å². The van der Waals surface area contributed by atoms with Crippen LogP contribution in [0.4, 0.5) is 0 Å². The largest absolute Gasteiger partial charge is 0.473 e. The van der Waals surface area contributed by atoms with Gasteiger partial charge in [0, 0.05) is 24.1 Å². The minimum Gasteiger partial charge on any atom is -0.473 e. The van der Waals surface area contributed by atoms with Crippen LogP contribution >= 0.6 is 0 Å². The quantitative estimate of drug-likeness (QED) is 0.662. The van der Waals surface area contributed by atoms with Crippen molar-refractivity contribution < 1.29 is 24.3 Å². The van der Waals surface area contributed by atoms with Gasteiger partial charge in [-0.05, 0) is 32.6 Å². The number of aryl methyl sites for hydroxylation is 1. The van der Waals surface area contributed by atoms with Crippen LogP contribution in [0.3, 0.4) is 0 Å². The van der Waals surface area contributed by atoms with Crippen LogP contribution in [-0.2, 0) is 9.59 Å². The van der Waals surface area contributed by atoms with Crippen LogP contribution in [0.5, 0.6) is 0 Å². The third-order valence-corrected chi connectivity index (χ3v) is 3.78. The lowest BCUT2D eigenvalue weighted by atomic mass is 9.90. The van der Waals surface area contributed by atoms with Gasteiger partial charge in [0.25, 0.3) is 0 Å². The van der Waals surface area contributed by atoms with E-state index in [1.807, 2.05) is 6.92 Å². The van der Waals surface area contributed by atoms with Gasteiger partial charge in [-0.1, -0.05) is 5.16 Å². The average Bonchev–Trinajstić information content (AvgIpc) is 2.98. The summed E-state index contributed by atoms with van der Waals surface area (Å²) in [5.74, 6) is -2.00. The summed E-state index contributed by atoms with van der Waals surface area (Å²) in [5.41, 5.74) is 1.00. The van der Waals surface area contributed by atoms with Crippen LogP contribution in [0.2, 0.25) is 0 Å². The molecular weight excluding hydrogens is 264 g/mol. The van der Waals surface area contributed by atoms with Crippen LogP contribution in [0.25, 0.3) is 0 Å². The Morgan fingerprint density at radius 2 is 1.90 bits per heavy atom. The van der Waals surface area contributed by atoms with Gasteiger partial charge >= 0.3 is 11.9 Å². The maximum Gasteiger partial charge on any atom is 0.414 e. The summed E-state index contributed by atoms with van der Waals surface area (Å²) in [6.07, 6.45) is 5.20. The molecule has 3 rings (SSSR count). The minimum atomic E-state index is -1.82. The Balaban J connectivity index is 0.000000212. The standard InChI is InChI=1S/C11H16N2O.C2H2O4/c1-7-6-11(14-13-7)9-4-2-8-3-5-10(9)12-8;3-1(4)2(5)6/h6,8-10,12H,2-5H2,1H3;(H,3,4)(H,5,6). The van der Waals surface area contributed by atoms with E-state index in [2.05, 4.69) is 16.5 Å². The van der Waals surface area contributed by atoms with Gasteiger partial charge in [0.15, 0.2) is 0 Å². The molecule has 0 spiro atoms.